The molecule has 0 radical (unpaired) electrons. The first-order valence-electron chi connectivity index (χ1n) is 8.23. The van der Waals surface area contributed by atoms with Gasteiger partial charge in [-0.3, -0.25) is 4.79 Å². The molecule has 1 heterocycles. The smallest absolute Gasteiger partial charge is 0.375 e. The van der Waals surface area contributed by atoms with Gasteiger partial charge in [0.2, 0.25) is 5.76 Å². The van der Waals surface area contributed by atoms with E-state index in [9.17, 15) is 14.4 Å². The van der Waals surface area contributed by atoms with Crippen LogP contribution in [0.3, 0.4) is 0 Å². The van der Waals surface area contributed by atoms with Crippen LogP contribution in [0.5, 0.6) is 0 Å². The molecule has 1 N–H and O–H groups in total. The van der Waals surface area contributed by atoms with Gasteiger partial charge in [0.05, 0.1) is 12.7 Å². The van der Waals surface area contributed by atoms with Crippen molar-refractivity contribution in [2.75, 3.05) is 19.0 Å². The van der Waals surface area contributed by atoms with Crippen LogP contribution in [-0.4, -0.2) is 31.6 Å². The molecule has 8 heteroatoms. The minimum absolute atomic E-state index is 0.0208. The SMILES string of the molecule is COC(=O)c1ccc(NC(=O)COC(=O)c2oc3ccc(Cl)cc3c2C)cc1. The fraction of sp³-hybridized carbons (Fsp3) is 0.150. The van der Waals surface area contributed by atoms with Gasteiger partial charge in [-0.1, -0.05) is 11.6 Å². The van der Waals surface area contributed by atoms with E-state index in [-0.39, 0.29) is 5.76 Å². The van der Waals surface area contributed by atoms with E-state index in [0.717, 1.165) is 0 Å². The maximum absolute atomic E-state index is 12.2. The third kappa shape index (κ3) is 4.15. The standard InChI is InChI=1S/C20H16ClNO6/c1-11-15-9-13(21)5-8-16(15)28-18(11)20(25)27-10-17(23)22-14-6-3-12(4-7-14)19(24)26-2/h3-9H,10H2,1-2H3,(H,22,23). The molecule has 1 aromatic heterocycles. The van der Waals surface area contributed by atoms with E-state index in [1.807, 2.05) is 0 Å². The van der Waals surface area contributed by atoms with Gasteiger partial charge in [-0.25, -0.2) is 9.59 Å². The second-order valence-electron chi connectivity index (χ2n) is 5.89. The summed E-state index contributed by atoms with van der Waals surface area (Å²) >= 11 is 5.96. The van der Waals surface area contributed by atoms with Gasteiger partial charge < -0.3 is 19.2 Å². The Kier molecular flexibility index (Phi) is 5.65. The summed E-state index contributed by atoms with van der Waals surface area (Å²) in [7, 11) is 1.28. The van der Waals surface area contributed by atoms with Crippen LogP contribution in [-0.2, 0) is 14.3 Å². The average molecular weight is 402 g/mol. The second kappa shape index (κ2) is 8.14. The molecule has 28 heavy (non-hydrogen) atoms. The summed E-state index contributed by atoms with van der Waals surface area (Å²) in [4.78, 5) is 35.6. The van der Waals surface area contributed by atoms with Crippen LogP contribution >= 0.6 is 11.6 Å². The van der Waals surface area contributed by atoms with Crippen molar-refractivity contribution >= 4 is 46.1 Å². The third-order valence-corrected chi connectivity index (χ3v) is 4.24. The molecule has 3 rings (SSSR count). The lowest BCUT2D eigenvalue weighted by Crippen LogP contribution is -2.21. The van der Waals surface area contributed by atoms with Crippen molar-refractivity contribution in [2.24, 2.45) is 0 Å². The molecular weight excluding hydrogens is 386 g/mol. The van der Waals surface area contributed by atoms with Crippen LogP contribution in [0.15, 0.2) is 46.9 Å². The molecule has 2 aromatic carbocycles. The molecule has 3 aromatic rings. The van der Waals surface area contributed by atoms with Gasteiger partial charge in [-0.2, -0.15) is 0 Å². The highest BCUT2D eigenvalue weighted by Gasteiger charge is 2.20. The number of esters is 2. The third-order valence-electron chi connectivity index (χ3n) is 4.01. The number of aryl methyl sites for hydroxylation is 1. The highest BCUT2D eigenvalue weighted by molar-refractivity contribution is 6.31. The van der Waals surface area contributed by atoms with Crippen LogP contribution in [0.4, 0.5) is 5.69 Å². The van der Waals surface area contributed by atoms with Gasteiger partial charge in [0.15, 0.2) is 6.61 Å². The Balaban J connectivity index is 1.61. The minimum atomic E-state index is -0.749. The lowest BCUT2D eigenvalue weighted by molar-refractivity contribution is -0.119. The van der Waals surface area contributed by atoms with Crippen LogP contribution in [0.2, 0.25) is 5.02 Å². The fourth-order valence-electron chi connectivity index (χ4n) is 2.59. The molecule has 0 bridgehead atoms. The van der Waals surface area contributed by atoms with Crippen LogP contribution < -0.4 is 5.32 Å². The monoisotopic (exact) mass is 401 g/mol. The van der Waals surface area contributed by atoms with E-state index < -0.39 is 24.5 Å². The zero-order valence-corrected chi connectivity index (χ0v) is 15.8. The number of carbonyl (C=O) groups is 3. The number of fused-ring (bicyclic) bond motifs is 1. The predicted octanol–water partition coefficient (Wildman–Crippen LogP) is 3.98. The summed E-state index contributed by atoms with van der Waals surface area (Å²) in [5.74, 6) is -1.74. The number of furan rings is 1. The van der Waals surface area contributed by atoms with Gasteiger partial charge in [-0.05, 0) is 49.4 Å². The van der Waals surface area contributed by atoms with Gasteiger partial charge in [0, 0.05) is 21.7 Å². The summed E-state index contributed by atoms with van der Waals surface area (Å²) in [6.07, 6.45) is 0. The molecule has 7 nitrogen and oxygen atoms in total. The highest BCUT2D eigenvalue weighted by atomic mass is 35.5. The molecule has 0 saturated heterocycles. The lowest BCUT2D eigenvalue weighted by Gasteiger charge is -2.07. The number of methoxy groups -OCH3 is 1. The average Bonchev–Trinajstić information content (AvgIpc) is 3.02. The Morgan fingerprint density at radius 1 is 1.07 bits per heavy atom. The summed E-state index contributed by atoms with van der Waals surface area (Å²) < 4.78 is 15.1. The first kappa shape index (κ1) is 19.4. The second-order valence-corrected chi connectivity index (χ2v) is 6.33. The van der Waals surface area contributed by atoms with Crippen LogP contribution in [0.25, 0.3) is 11.0 Å². The Labute approximate surface area is 165 Å². The van der Waals surface area contributed by atoms with Crippen molar-refractivity contribution < 1.29 is 28.3 Å². The molecule has 0 unspecified atom stereocenters. The summed E-state index contributed by atoms with van der Waals surface area (Å²) in [5, 5.41) is 3.79. The Bertz CT molecular complexity index is 1050. The van der Waals surface area contributed by atoms with Gasteiger partial charge in [0.1, 0.15) is 5.58 Å². The lowest BCUT2D eigenvalue weighted by atomic mass is 10.1. The van der Waals surface area contributed by atoms with Crippen molar-refractivity contribution in [3.63, 3.8) is 0 Å². The molecule has 0 spiro atoms. The topological polar surface area (TPSA) is 94.8 Å². The molecule has 0 aliphatic carbocycles. The number of rotatable bonds is 5. The molecule has 0 fully saturated rings. The quantitative estimate of drug-likeness (QED) is 0.650. The van der Waals surface area contributed by atoms with E-state index in [1.165, 1.54) is 19.2 Å². The normalized spacial score (nSPS) is 10.5. The minimum Gasteiger partial charge on any atom is -0.465 e. The van der Waals surface area contributed by atoms with Crippen molar-refractivity contribution in [1.82, 2.24) is 0 Å². The number of anilines is 1. The van der Waals surface area contributed by atoms with Gasteiger partial charge in [0.25, 0.3) is 5.91 Å². The Morgan fingerprint density at radius 2 is 1.79 bits per heavy atom. The number of hydrogen-bond donors (Lipinski definition) is 1. The summed E-state index contributed by atoms with van der Waals surface area (Å²) in [6.45, 7) is 1.22. The van der Waals surface area contributed by atoms with E-state index in [2.05, 4.69) is 10.1 Å². The number of carbonyl (C=O) groups excluding carboxylic acids is 3. The van der Waals surface area contributed by atoms with Crippen molar-refractivity contribution in [2.45, 2.75) is 6.92 Å². The molecular formula is C20H16ClNO6. The maximum atomic E-state index is 12.2. The Hall–Kier alpha value is -3.32. The van der Waals surface area contributed by atoms with E-state index >= 15 is 0 Å². The number of ether oxygens (including phenoxy) is 2. The highest BCUT2D eigenvalue weighted by Crippen LogP contribution is 2.28. The first-order valence-corrected chi connectivity index (χ1v) is 8.61. The number of amides is 1. The van der Waals surface area contributed by atoms with E-state index in [0.29, 0.717) is 32.8 Å². The number of nitrogens with one attached hydrogen (secondary N) is 1. The van der Waals surface area contributed by atoms with Gasteiger partial charge in [-0.15, -0.1) is 0 Å². The largest absolute Gasteiger partial charge is 0.465 e. The molecule has 1 amide bonds. The number of hydrogen-bond acceptors (Lipinski definition) is 6. The summed E-state index contributed by atoms with van der Waals surface area (Å²) in [5.41, 5.74) is 1.89. The molecule has 0 atom stereocenters. The van der Waals surface area contributed by atoms with E-state index in [1.54, 1.807) is 37.3 Å². The van der Waals surface area contributed by atoms with Gasteiger partial charge >= 0.3 is 11.9 Å². The Morgan fingerprint density at radius 3 is 2.46 bits per heavy atom. The van der Waals surface area contributed by atoms with Crippen molar-refractivity contribution in [1.29, 1.82) is 0 Å². The zero-order chi connectivity index (χ0) is 20.3. The number of halogens is 1. The van der Waals surface area contributed by atoms with Crippen LogP contribution in [0.1, 0.15) is 26.5 Å². The number of benzene rings is 2. The molecule has 0 aliphatic heterocycles. The maximum Gasteiger partial charge on any atom is 0.375 e. The fourth-order valence-corrected chi connectivity index (χ4v) is 2.76. The zero-order valence-electron chi connectivity index (χ0n) is 15.1. The molecule has 144 valence electrons. The first-order chi connectivity index (χ1) is 13.4. The molecule has 0 saturated carbocycles. The van der Waals surface area contributed by atoms with Crippen molar-refractivity contribution in [3.05, 3.63) is 64.4 Å². The van der Waals surface area contributed by atoms with Crippen LogP contribution in [0, 0.1) is 6.92 Å². The summed E-state index contributed by atoms with van der Waals surface area (Å²) in [6, 6.07) is 11.1. The van der Waals surface area contributed by atoms with E-state index in [4.69, 9.17) is 20.8 Å². The predicted molar refractivity (Wildman–Crippen MR) is 103 cm³/mol. The molecule has 0 aliphatic rings. The van der Waals surface area contributed by atoms with Crippen molar-refractivity contribution in [3.8, 4) is 0 Å².